The first kappa shape index (κ1) is 16.4. The fraction of sp³-hybridized carbons (Fsp3) is 0.214. The smallest absolute Gasteiger partial charge is 0.255 e. The lowest BCUT2D eigenvalue weighted by molar-refractivity contribution is -0.116. The Morgan fingerprint density at radius 3 is 2.77 bits per heavy atom. The third kappa shape index (κ3) is 4.02. The van der Waals surface area contributed by atoms with Crippen molar-refractivity contribution >= 4 is 35.4 Å². The van der Waals surface area contributed by atoms with Crippen molar-refractivity contribution in [2.45, 2.75) is 19.8 Å². The van der Waals surface area contributed by atoms with Gasteiger partial charge in [-0.1, -0.05) is 11.6 Å². The number of hydrogen-bond donors (Lipinski definition) is 3. The third-order valence-corrected chi connectivity index (χ3v) is 3.55. The summed E-state index contributed by atoms with van der Waals surface area (Å²) in [5, 5.41) is 2.53. The molecule has 8 heteroatoms. The van der Waals surface area contributed by atoms with Crippen molar-refractivity contribution in [2.75, 3.05) is 5.32 Å². The number of carbonyl (C=O) groups excluding carboxylic acids is 1. The van der Waals surface area contributed by atoms with E-state index in [0.29, 0.717) is 16.9 Å². The average molecular weight is 342 g/mol. The lowest BCUT2D eigenvalue weighted by atomic mass is 10.1. The van der Waals surface area contributed by atoms with Crippen LogP contribution in [0.2, 0.25) is 5.02 Å². The average Bonchev–Trinajstić information content (AvgIpc) is 2.41. The SMILES string of the molecule is Cc1[nH]c(=S)[nH]c(=O)c1CCC(=O)Nc1ccc(F)c(Cl)c1. The number of anilines is 1. The number of nitrogens with one attached hydrogen (secondary N) is 3. The quantitative estimate of drug-likeness (QED) is 0.748. The maximum Gasteiger partial charge on any atom is 0.255 e. The van der Waals surface area contributed by atoms with Gasteiger partial charge in [-0.2, -0.15) is 0 Å². The predicted octanol–water partition coefficient (Wildman–Crippen LogP) is 3.10. The second kappa shape index (κ2) is 6.85. The molecule has 0 atom stereocenters. The Bertz CT molecular complexity index is 832. The molecule has 0 spiro atoms. The molecule has 0 saturated carbocycles. The molecule has 1 aromatic heterocycles. The minimum absolute atomic E-state index is 0.0688. The molecule has 0 radical (unpaired) electrons. The van der Waals surface area contributed by atoms with Crippen LogP contribution in [-0.2, 0) is 11.2 Å². The monoisotopic (exact) mass is 341 g/mol. The molecule has 2 aromatic rings. The van der Waals surface area contributed by atoms with Gasteiger partial charge < -0.3 is 10.3 Å². The highest BCUT2D eigenvalue weighted by molar-refractivity contribution is 7.71. The summed E-state index contributed by atoms with van der Waals surface area (Å²) in [6.07, 6.45) is 0.359. The van der Waals surface area contributed by atoms with Crippen LogP contribution in [0.15, 0.2) is 23.0 Å². The molecule has 5 nitrogen and oxygen atoms in total. The second-order valence-electron chi connectivity index (χ2n) is 4.69. The van der Waals surface area contributed by atoms with Gasteiger partial charge in [0.25, 0.3) is 5.56 Å². The summed E-state index contributed by atoms with van der Waals surface area (Å²) in [7, 11) is 0. The van der Waals surface area contributed by atoms with Crippen LogP contribution in [0, 0.1) is 17.5 Å². The number of carbonyl (C=O) groups is 1. The Hall–Kier alpha value is -1.99. The molecule has 0 bridgehead atoms. The lowest BCUT2D eigenvalue weighted by Crippen LogP contribution is -2.19. The summed E-state index contributed by atoms with van der Waals surface area (Å²) >= 11 is 10.5. The van der Waals surface area contributed by atoms with Crippen LogP contribution in [0.25, 0.3) is 0 Å². The normalized spacial score (nSPS) is 10.5. The third-order valence-electron chi connectivity index (χ3n) is 3.06. The minimum atomic E-state index is -0.554. The largest absolute Gasteiger partial charge is 0.336 e. The molecule has 22 heavy (non-hydrogen) atoms. The van der Waals surface area contributed by atoms with E-state index in [1.807, 2.05) is 0 Å². The van der Waals surface area contributed by atoms with Gasteiger partial charge in [-0.25, -0.2) is 4.39 Å². The highest BCUT2D eigenvalue weighted by atomic mass is 35.5. The summed E-state index contributed by atoms with van der Waals surface area (Å²) in [6, 6.07) is 3.91. The Kier molecular flexibility index (Phi) is 5.10. The molecule has 0 unspecified atom stereocenters. The number of hydrogen-bond acceptors (Lipinski definition) is 3. The summed E-state index contributed by atoms with van der Waals surface area (Å²) in [4.78, 5) is 29.0. The van der Waals surface area contributed by atoms with E-state index in [2.05, 4.69) is 15.3 Å². The van der Waals surface area contributed by atoms with Gasteiger partial charge in [0.2, 0.25) is 5.91 Å². The maximum absolute atomic E-state index is 13.0. The molecular formula is C14H13ClFN3O2S. The summed E-state index contributed by atoms with van der Waals surface area (Å²) in [5.74, 6) is -0.856. The number of aryl methyl sites for hydroxylation is 1. The minimum Gasteiger partial charge on any atom is -0.336 e. The van der Waals surface area contributed by atoms with E-state index in [-0.39, 0.29) is 34.1 Å². The first-order chi connectivity index (χ1) is 10.4. The van der Waals surface area contributed by atoms with Gasteiger partial charge in [0.1, 0.15) is 5.82 Å². The molecule has 0 saturated heterocycles. The molecule has 1 amide bonds. The Labute approximate surface area is 135 Å². The van der Waals surface area contributed by atoms with Crippen LogP contribution in [0.3, 0.4) is 0 Å². The van der Waals surface area contributed by atoms with E-state index in [4.69, 9.17) is 23.8 Å². The molecule has 1 aromatic carbocycles. The fourth-order valence-electron chi connectivity index (χ4n) is 1.96. The zero-order valence-corrected chi connectivity index (χ0v) is 13.2. The summed E-state index contributed by atoms with van der Waals surface area (Å²) in [5.41, 5.74) is 1.20. The Balaban J connectivity index is 2.03. The van der Waals surface area contributed by atoms with E-state index in [1.165, 1.54) is 18.2 Å². The van der Waals surface area contributed by atoms with Gasteiger partial charge in [-0.15, -0.1) is 0 Å². The van der Waals surface area contributed by atoms with Crippen LogP contribution in [0.4, 0.5) is 10.1 Å². The number of amides is 1. The van der Waals surface area contributed by atoms with Crippen molar-refractivity contribution in [2.24, 2.45) is 0 Å². The van der Waals surface area contributed by atoms with E-state index in [0.717, 1.165) is 0 Å². The van der Waals surface area contributed by atoms with Crippen LogP contribution in [0.1, 0.15) is 17.7 Å². The topological polar surface area (TPSA) is 77.8 Å². The van der Waals surface area contributed by atoms with E-state index >= 15 is 0 Å². The molecule has 0 fully saturated rings. The van der Waals surface area contributed by atoms with Crippen molar-refractivity contribution in [3.05, 3.63) is 55.4 Å². The zero-order valence-electron chi connectivity index (χ0n) is 11.6. The fourth-order valence-corrected chi connectivity index (χ4v) is 2.39. The number of aromatic amines is 2. The molecule has 0 aliphatic rings. The van der Waals surface area contributed by atoms with Crippen LogP contribution in [-0.4, -0.2) is 15.9 Å². The van der Waals surface area contributed by atoms with E-state index in [1.54, 1.807) is 6.92 Å². The van der Waals surface area contributed by atoms with Gasteiger partial charge in [-0.3, -0.25) is 14.6 Å². The molecule has 0 aliphatic heterocycles. The first-order valence-corrected chi connectivity index (χ1v) is 7.22. The predicted molar refractivity (Wildman–Crippen MR) is 85.3 cm³/mol. The molecular weight excluding hydrogens is 329 g/mol. The highest BCUT2D eigenvalue weighted by Gasteiger charge is 2.09. The van der Waals surface area contributed by atoms with Crippen LogP contribution >= 0.6 is 23.8 Å². The Morgan fingerprint density at radius 2 is 2.14 bits per heavy atom. The van der Waals surface area contributed by atoms with E-state index < -0.39 is 5.82 Å². The Morgan fingerprint density at radius 1 is 1.41 bits per heavy atom. The lowest BCUT2D eigenvalue weighted by Gasteiger charge is -2.07. The van der Waals surface area contributed by atoms with Crippen molar-refractivity contribution in [3.63, 3.8) is 0 Å². The molecule has 0 aliphatic carbocycles. The number of benzene rings is 1. The second-order valence-corrected chi connectivity index (χ2v) is 5.50. The van der Waals surface area contributed by atoms with Crippen LogP contribution < -0.4 is 10.9 Å². The molecule has 3 N–H and O–H groups in total. The first-order valence-electron chi connectivity index (χ1n) is 6.44. The summed E-state index contributed by atoms with van der Waals surface area (Å²) in [6.45, 7) is 1.72. The van der Waals surface area contributed by atoms with Gasteiger partial charge >= 0.3 is 0 Å². The number of aromatic nitrogens is 2. The van der Waals surface area contributed by atoms with E-state index in [9.17, 15) is 14.0 Å². The number of rotatable bonds is 4. The summed E-state index contributed by atoms with van der Waals surface area (Å²) < 4.78 is 13.3. The van der Waals surface area contributed by atoms with Crippen molar-refractivity contribution in [3.8, 4) is 0 Å². The van der Waals surface area contributed by atoms with Gasteiger partial charge in [0, 0.05) is 23.4 Å². The van der Waals surface area contributed by atoms with Gasteiger partial charge in [0.05, 0.1) is 5.02 Å². The van der Waals surface area contributed by atoms with Crippen LogP contribution in [0.5, 0.6) is 0 Å². The molecule has 1 heterocycles. The standard InChI is InChI=1S/C14H13ClFN3O2S/c1-7-9(13(21)19-14(22)17-7)3-5-12(20)18-8-2-4-11(16)10(15)6-8/h2,4,6H,3,5H2,1H3,(H,18,20)(H2,17,19,21,22). The van der Waals surface area contributed by atoms with Crippen molar-refractivity contribution in [1.82, 2.24) is 9.97 Å². The molecule has 2 rings (SSSR count). The highest BCUT2D eigenvalue weighted by Crippen LogP contribution is 2.19. The van der Waals surface area contributed by atoms with Gasteiger partial charge in [-0.05, 0) is 43.8 Å². The van der Waals surface area contributed by atoms with Gasteiger partial charge in [0.15, 0.2) is 4.77 Å². The molecule has 116 valence electrons. The maximum atomic E-state index is 13.0. The van der Waals surface area contributed by atoms with Crippen molar-refractivity contribution in [1.29, 1.82) is 0 Å². The number of H-pyrrole nitrogens is 2. The van der Waals surface area contributed by atoms with Crippen molar-refractivity contribution < 1.29 is 9.18 Å². The zero-order chi connectivity index (χ0) is 16.3. The number of halogens is 2.